The van der Waals surface area contributed by atoms with E-state index in [1.54, 1.807) is 0 Å². The van der Waals surface area contributed by atoms with Crippen LogP contribution < -0.4 is 0 Å². The molecule has 0 radical (unpaired) electrons. The van der Waals surface area contributed by atoms with E-state index >= 15 is 0 Å². The Morgan fingerprint density at radius 1 is 1.06 bits per heavy atom. The molecule has 0 aliphatic heterocycles. The second-order valence-electron chi connectivity index (χ2n) is 5.27. The lowest BCUT2D eigenvalue weighted by molar-refractivity contribution is -0.134. The zero-order valence-electron chi connectivity index (χ0n) is 12.3. The van der Waals surface area contributed by atoms with E-state index in [1.165, 1.54) is 45.1 Å². The molecule has 0 unspecified atom stereocenters. The van der Waals surface area contributed by atoms with Crippen LogP contribution in [0.3, 0.4) is 0 Å². The molecule has 0 amide bonds. The van der Waals surface area contributed by atoms with Crippen molar-refractivity contribution in [2.75, 3.05) is 20.6 Å². The van der Waals surface area contributed by atoms with Crippen LogP contribution in [0.4, 0.5) is 0 Å². The van der Waals surface area contributed by atoms with Gasteiger partial charge in [0.25, 0.3) is 5.97 Å². The molecule has 17 heavy (non-hydrogen) atoms. The maximum absolute atomic E-state index is 9.00. The Balaban J connectivity index is 0. The minimum atomic E-state index is -0.833. The molecule has 0 fully saturated rings. The number of nitrogens with zero attached hydrogens (tertiary/aromatic N) is 1. The van der Waals surface area contributed by atoms with Crippen molar-refractivity contribution in [3.05, 3.63) is 0 Å². The van der Waals surface area contributed by atoms with Gasteiger partial charge < -0.3 is 10.0 Å². The molecule has 0 aromatic carbocycles. The predicted molar refractivity (Wildman–Crippen MR) is 74.4 cm³/mol. The minimum Gasteiger partial charge on any atom is -0.481 e. The number of rotatable bonds is 8. The second kappa shape index (κ2) is 13.5. The van der Waals surface area contributed by atoms with Gasteiger partial charge >= 0.3 is 0 Å². The van der Waals surface area contributed by atoms with Gasteiger partial charge in [0.1, 0.15) is 0 Å². The molecule has 0 saturated carbocycles. The van der Waals surface area contributed by atoms with Crippen molar-refractivity contribution in [3.8, 4) is 0 Å². The van der Waals surface area contributed by atoms with Crippen molar-refractivity contribution in [1.29, 1.82) is 0 Å². The summed E-state index contributed by atoms with van der Waals surface area (Å²) in [6.45, 7) is 6.96. The molecule has 0 aliphatic carbocycles. The van der Waals surface area contributed by atoms with Crippen LogP contribution in [0.1, 0.15) is 59.3 Å². The summed E-state index contributed by atoms with van der Waals surface area (Å²) >= 11 is 0. The van der Waals surface area contributed by atoms with Crippen LogP contribution in [-0.2, 0) is 4.79 Å². The van der Waals surface area contributed by atoms with Gasteiger partial charge in [0.2, 0.25) is 0 Å². The van der Waals surface area contributed by atoms with Gasteiger partial charge in [-0.3, -0.25) is 4.79 Å². The van der Waals surface area contributed by atoms with Gasteiger partial charge in [-0.05, 0) is 33.0 Å². The Bertz CT molecular complexity index is 152. The predicted octanol–water partition coefficient (Wildman–Crippen LogP) is 3.64. The van der Waals surface area contributed by atoms with Crippen LogP contribution in [0.15, 0.2) is 0 Å². The van der Waals surface area contributed by atoms with E-state index in [0.29, 0.717) is 0 Å². The van der Waals surface area contributed by atoms with E-state index in [4.69, 9.17) is 9.90 Å². The average molecular weight is 245 g/mol. The van der Waals surface area contributed by atoms with Crippen LogP contribution in [0.5, 0.6) is 0 Å². The number of carbonyl (C=O) groups is 1. The Kier molecular flexibility index (Phi) is 14.9. The molecule has 0 aromatic rings. The summed E-state index contributed by atoms with van der Waals surface area (Å²) < 4.78 is 0. The third-order valence-corrected chi connectivity index (χ3v) is 2.39. The standard InChI is InChI=1S/C12H27N.C2H4O2/c1-12(2)10-8-6-5-7-9-11-13(3)4;1-2(3)4/h12H,5-11H2,1-4H3;1H3,(H,3,4). The maximum Gasteiger partial charge on any atom is 0.300 e. The molecule has 0 aromatic heterocycles. The van der Waals surface area contributed by atoms with Crippen LogP contribution in [-0.4, -0.2) is 36.6 Å². The molecule has 0 heterocycles. The molecule has 0 rings (SSSR count). The van der Waals surface area contributed by atoms with E-state index in [-0.39, 0.29) is 0 Å². The molecule has 1 N–H and O–H groups in total. The molecular weight excluding hydrogens is 214 g/mol. The van der Waals surface area contributed by atoms with E-state index in [2.05, 4.69) is 32.8 Å². The van der Waals surface area contributed by atoms with Crippen molar-refractivity contribution < 1.29 is 9.90 Å². The van der Waals surface area contributed by atoms with Crippen molar-refractivity contribution >= 4 is 5.97 Å². The number of carboxylic acids is 1. The summed E-state index contributed by atoms with van der Waals surface area (Å²) in [7, 11) is 4.30. The van der Waals surface area contributed by atoms with Crippen molar-refractivity contribution in [2.24, 2.45) is 5.92 Å². The lowest BCUT2D eigenvalue weighted by Gasteiger charge is -2.08. The normalized spacial score (nSPS) is 10.3. The van der Waals surface area contributed by atoms with E-state index < -0.39 is 5.97 Å². The molecule has 0 bridgehead atoms. The Morgan fingerprint density at radius 3 is 1.88 bits per heavy atom. The summed E-state index contributed by atoms with van der Waals surface area (Å²) in [4.78, 5) is 11.3. The average Bonchev–Trinajstić information content (AvgIpc) is 2.14. The fourth-order valence-electron chi connectivity index (χ4n) is 1.51. The van der Waals surface area contributed by atoms with E-state index in [9.17, 15) is 0 Å². The molecule has 0 saturated heterocycles. The first-order valence-electron chi connectivity index (χ1n) is 6.70. The minimum absolute atomic E-state index is 0.833. The highest BCUT2D eigenvalue weighted by molar-refractivity contribution is 5.62. The van der Waals surface area contributed by atoms with Gasteiger partial charge in [0.05, 0.1) is 0 Å². The fraction of sp³-hybridized carbons (Fsp3) is 0.929. The first-order valence-corrected chi connectivity index (χ1v) is 6.70. The van der Waals surface area contributed by atoms with Gasteiger partial charge in [-0.15, -0.1) is 0 Å². The summed E-state index contributed by atoms with van der Waals surface area (Å²) in [5.41, 5.74) is 0. The highest BCUT2D eigenvalue weighted by atomic mass is 16.4. The summed E-state index contributed by atoms with van der Waals surface area (Å²) in [6.07, 6.45) is 8.49. The smallest absolute Gasteiger partial charge is 0.300 e. The summed E-state index contributed by atoms with van der Waals surface area (Å²) in [6, 6.07) is 0. The number of carboxylic acid groups (broad SMARTS) is 1. The van der Waals surface area contributed by atoms with Gasteiger partial charge in [-0.2, -0.15) is 0 Å². The summed E-state index contributed by atoms with van der Waals surface area (Å²) in [5, 5.41) is 7.42. The molecule has 3 heteroatoms. The van der Waals surface area contributed by atoms with E-state index in [0.717, 1.165) is 12.8 Å². The van der Waals surface area contributed by atoms with Crippen LogP contribution in [0.25, 0.3) is 0 Å². The molecule has 3 nitrogen and oxygen atoms in total. The van der Waals surface area contributed by atoms with E-state index in [1.807, 2.05) is 0 Å². The van der Waals surface area contributed by atoms with Gasteiger partial charge in [-0.25, -0.2) is 0 Å². The first-order chi connectivity index (χ1) is 7.86. The second-order valence-corrected chi connectivity index (χ2v) is 5.27. The SMILES string of the molecule is CC(=O)O.CC(C)CCCCCCCN(C)C. The number of aliphatic carboxylic acids is 1. The molecule has 0 aliphatic rings. The Morgan fingerprint density at radius 2 is 1.47 bits per heavy atom. The fourth-order valence-corrected chi connectivity index (χ4v) is 1.51. The number of hydrogen-bond acceptors (Lipinski definition) is 2. The number of hydrogen-bond donors (Lipinski definition) is 1. The van der Waals surface area contributed by atoms with Crippen molar-refractivity contribution in [1.82, 2.24) is 4.90 Å². The first kappa shape index (κ1) is 18.8. The van der Waals surface area contributed by atoms with Crippen molar-refractivity contribution in [3.63, 3.8) is 0 Å². The maximum atomic E-state index is 9.00. The lowest BCUT2D eigenvalue weighted by atomic mass is 10.0. The van der Waals surface area contributed by atoms with Crippen LogP contribution in [0.2, 0.25) is 0 Å². The molecule has 0 spiro atoms. The molecular formula is C14H31NO2. The van der Waals surface area contributed by atoms with Crippen LogP contribution >= 0.6 is 0 Å². The highest BCUT2D eigenvalue weighted by Gasteiger charge is 1.95. The molecule has 104 valence electrons. The zero-order chi connectivity index (χ0) is 13.7. The van der Waals surface area contributed by atoms with Crippen molar-refractivity contribution in [2.45, 2.75) is 59.3 Å². The monoisotopic (exact) mass is 245 g/mol. The lowest BCUT2D eigenvalue weighted by Crippen LogP contribution is -2.12. The highest BCUT2D eigenvalue weighted by Crippen LogP contribution is 2.10. The van der Waals surface area contributed by atoms with Gasteiger partial charge in [-0.1, -0.05) is 46.0 Å². The third kappa shape index (κ3) is 31.3. The summed E-state index contributed by atoms with van der Waals surface area (Å²) in [5.74, 6) is 0.0572. The molecule has 0 atom stereocenters. The Labute approximate surface area is 107 Å². The van der Waals surface area contributed by atoms with Gasteiger partial charge in [0.15, 0.2) is 0 Å². The quantitative estimate of drug-likeness (QED) is 0.664. The third-order valence-electron chi connectivity index (χ3n) is 2.39. The number of unbranched alkanes of at least 4 members (excludes halogenated alkanes) is 4. The topological polar surface area (TPSA) is 40.5 Å². The Hall–Kier alpha value is -0.570. The zero-order valence-corrected chi connectivity index (χ0v) is 12.3. The van der Waals surface area contributed by atoms with Crippen LogP contribution in [0, 0.1) is 5.92 Å². The van der Waals surface area contributed by atoms with Gasteiger partial charge in [0, 0.05) is 6.92 Å². The largest absolute Gasteiger partial charge is 0.481 e.